The lowest BCUT2D eigenvalue weighted by Crippen LogP contribution is -2.49. The van der Waals surface area contributed by atoms with Gasteiger partial charge in [-0.3, -0.25) is 0 Å². The van der Waals surface area contributed by atoms with Gasteiger partial charge in [-0.15, -0.1) is 0 Å². The zero-order valence-corrected chi connectivity index (χ0v) is 14.0. The maximum absolute atomic E-state index is 10.1. The van der Waals surface area contributed by atoms with Crippen molar-refractivity contribution in [3.05, 3.63) is 24.3 Å². The van der Waals surface area contributed by atoms with E-state index in [4.69, 9.17) is 14.1 Å². The zero-order valence-electron chi connectivity index (χ0n) is 14.0. The van der Waals surface area contributed by atoms with E-state index >= 15 is 0 Å². The Labute approximate surface area is 134 Å². The fourth-order valence-corrected chi connectivity index (χ4v) is 1.97. The van der Waals surface area contributed by atoms with Crippen LogP contribution in [0.5, 0.6) is 5.75 Å². The van der Waals surface area contributed by atoms with Crippen LogP contribution >= 0.6 is 0 Å². The molecule has 0 spiro atoms. The Bertz CT molecular complexity index is 459. The first-order valence-electron chi connectivity index (χ1n) is 7.86. The largest absolute Gasteiger partial charge is 0.490 e. The molecule has 22 heavy (non-hydrogen) atoms. The molecule has 1 aliphatic heterocycles. The molecule has 1 heterocycles. The van der Waals surface area contributed by atoms with E-state index in [0.717, 1.165) is 37.3 Å². The molecule has 0 aliphatic carbocycles. The highest BCUT2D eigenvalue weighted by atomic mass is 16.5. The Morgan fingerprint density at radius 3 is 2.23 bits per heavy atom. The number of benzene rings is 1. The van der Waals surface area contributed by atoms with Gasteiger partial charge in [-0.05, 0) is 39.8 Å². The first-order valence-corrected chi connectivity index (χ1v) is 7.86. The molecule has 1 fully saturated rings. The second-order valence-corrected chi connectivity index (χ2v) is 6.80. The van der Waals surface area contributed by atoms with Gasteiger partial charge in [-0.25, -0.2) is 0 Å². The van der Waals surface area contributed by atoms with Crippen molar-refractivity contribution >= 4 is 12.9 Å². The number of hydrogen-bond donors (Lipinski definition) is 1. The molecule has 0 bridgehead atoms. The van der Waals surface area contributed by atoms with Crippen molar-refractivity contribution in [3.8, 4) is 5.75 Å². The molecular formula is C17H26BO4. The maximum atomic E-state index is 10.1. The first kappa shape index (κ1) is 17.3. The molecule has 1 aromatic rings. The maximum Gasteiger partial charge on any atom is 0.330 e. The van der Waals surface area contributed by atoms with Gasteiger partial charge in [0.25, 0.3) is 0 Å². The molecule has 0 atom stereocenters. The van der Waals surface area contributed by atoms with Gasteiger partial charge in [-0.2, -0.15) is 0 Å². The van der Waals surface area contributed by atoms with Crippen molar-refractivity contribution in [2.45, 2.75) is 57.8 Å². The molecule has 2 rings (SSSR count). The van der Waals surface area contributed by atoms with E-state index < -0.39 is 11.2 Å². The molecule has 4 nitrogen and oxygen atoms in total. The van der Waals surface area contributed by atoms with Gasteiger partial charge in [0, 0.05) is 12.8 Å². The first-order chi connectivity index (χ1) is 10.3. The van der Waals surface area contributed by atoms with E-state index in [9.17, 15) is 5.11 Å². The summed E-state index contributed by atoms with van der Waals surface area (Å²) in [6, 6.07) is 7.80. The lowest BCUT2D eigenvalue weighted by Gasteiger charge is -2.37. The topological polar surface area (TPSA) is 47.9 Å². The fraction of sp³-hybridized carbons (Fsp3) is 0.647. The highest BCUT2D eigenvalue weighted by molar-refractivity contribution is 6.47. The van der Waals surface area contributed by atoms with Gasteiger partial charge in [0.2, 0.25) is 0 Å². The van der Waals surface area contributed by atoms with Crippen LogP contribution in [0.2, 0.25) is 0 Å². The predicted octanol–water partition coefficient (Wildman–Crippen LogP) is 2.06. The molecule has 0 saturated carbocycles. The minimum absolute atomic E-state index is 0.244. The zero-order chi connectivity index (χ0) is 16.2. The van der Waals surface area contributed by atoms with E-state index in [1.54, 1.807) is 21.3 Å². The Hall–Kier alpha value is -1.04. The molecule has 121 valence electrons. The van der Waals surface area contributed by atoms with Crippen molar-refractivity contribution in [1.82, 2.24) is 0 Å². The van der Waals surface area contributed by atoms with Gasteiger partial charge < -0.3 is 19.2 Å². The average molecular weight is 305 g/mol. The summed E-state index contributed by atoms with van der Waals surface area (Å²) in [5, 5.41) is 10.1. The van der Waals surface area contributed by atoms with Gasteiger partial charge in [0.1, 0.15) is 11.9 Å². The number of aliphatic hydroxyl groups is 1. The van der Waals surface area contributed by atoms with Crippen LogP contribution in [0.1, 0.15) is 40.5 Å². The summed E-state index contributed by atoms with van der Waals surface area (Å²) in [7, 11) is 1.68. The van der Waals surface area contributed by atoms with E-state index in [1.807, 2.05) is 38.1 Å². The average Bonchev–Trinajstić information content (AvgIpc) is 2.46. The highest BCUT2D eigenvalue weighted by Gasteiger charge is 2.35. The van der Waals surface area contributed by atoms with Crippen molar-refractivity contribution in [2.24, 2.45) is 0 Å². The molecule has 1 N–H and O–H groups in total. The molecule has 0 unspecified atom stereocenters. The van der Waals surface area contributed by atoms with Crippen LogP contribution in [0, 0.1) is 0 Å². The quantitative estimate of drug-likeness (QED) is 0.817. The molecule has 1 saturated heterocycles. The standard InChI is InChI=1S/C17H26BO4/c1-16(2,19)17(3,4)22-18-13-5-7-14(8-6-13)21-15-9-11-20-12-10-15/h5-8,15,19H,9-12H2,1-4H3. The molecule has 0 aromatic heterocycles. The summed E-state index contributed by atoms with van der Waals surface area (Å²) < 4.78 is 17.0. The van der Waals surface area contributed by atoms with Gasteiger partial charge in [0.05, 0.1) is 24.4 Å². The number of ether oxygens (including phenoxy) is 2. The third kappa shape index (κ3) is 4.73. The summed E-state index contributed by atoms with van der Waals surface area (Å²) in [5.74, 6) is 0.866. The highest BCUT2D eigenvalue weighted by Crippen LogP contribution is 2.24. The summed E-state index contributed by atoms with van der Waals surface area (Å²) in [4.78, 5) is 0. The van der Waals surface area contributed by atoms with Gasteiger partial charge >= 0.3 is 7.48 Å². The summed E-state index contributed by atoms with van der Waals surface area (Å²) in [5.41, 5.74) is -0.642. The monoisotopic (exact) mass is 305 g/mol. The van der Waals surface area contributed by atoms with Crippen LogP contribution in [0.25, 0.3) is 0 Å². The summed E-state index contributed by atoms with van der Waals surface area (Å²) in [6.45, 7) is 8.77. The van der Waals surface area contributed by atoms with Crippen molar-refractivity contribution < 1.29 is 19.2 Å². The molecule has 1 aliphatic rings. The van der Waals surface area contributed by atoms with E-state index in [0.29, 0.717) is 0 Å². The van der Waals surface area contributed by atoms with Crippen LogP contribution in [0.15, 0.2) is 24.3 Å². The van der Waals surface area contributed by atoms with E-state index in [-0.39, 0.29) is 6.10 Å². The number of hydrogen-bond acceptors (Lipinski definition) is 4. The Kier molecular flexibility index (Phi) is 5.53. The third-order valence-electron chi connectivity index (χ3n) is 4.31. The van der Waals surface area contributed by atoms with Crippen molar-refractivity contribution in [3.63, 3.8) is 0 Å². The third-order valence-corrected chi connectivity index (χ3v) is 4.31. The second-order valence-electron chi connectivity index (χ2n) is 6.80. The van der Waals surface area contributed by atoms with Crippen LogP contribution in [-0.2, 0) is 9.39 Å². The van der Waals surface area contributed by atoms with E-state index in [1.165, 1.54) is 0 Å². The smallest absolute Gasteiger partial charge is 0.330 e. The Balaban J connectivity index is 1.86. The molecule has 5 heteroatoms. The van der Waals surface area contributed by atoms with Crippen molar-refractivity contribution in [2.75, 3.05) is 13.2 Å². The van der Waals surface area contributed by atoms with Gasteiger partial charge in [0.15, 0.2) is 0 Å². The minimum atomic E-state index is -0.921. The van der Waals surface area contributed by atoms with Crippen LogP contribution < -0.4 is 10.2 Å². The molecule has 1 aromatic carbocycles. The molecular weight excluding hydrogens is 279 g/mol. The Morgan fingerprint density at radius 1 is 1.09 bits per heavy atom. The van der Waals surface area contributed by atoms with Crippen LogP contribution in [0.4, 0.5) is 0 Å². The SMILES string of the molecule is CC(C)(O)C(C)(C)O[B]c1ccc(OC2CCOCC2)cc1. The van der Waals surface area contributed by atoms with Gasteiger partial charge in [-0.1, -0.05) is 17.6 Å². The fourth-order valence-electron chi connectivity index (χ4n) is 1.97. The van der Waals surface area contributed by atoms with Crippen LogP contribution in [-0.4, -0.2) is 43.1 Å². The second kappa shape index (κ2) is 7.03. The molecule has 0 amide bonds. The normalized spacial score (nSPS) is 17.3. The number of rotatable bonds is 6. The van der Waals surface area contributed by atoms with Crippen molar-refractivity contribution in [1.29, 1.82) is 0 Å². The summed E-state index contributed by atoms with van der Waals surface area (Å²) >= 11 is 0. The lowest BCUT2D eigenvalue weighted by atomic mass is 9.82. The summed E-state index contributed by atoms with van der Waals surface area (Å²) in [6.07, 6.45) is 2.13. The lowest BCUT2D eigenvalue weighted by molar-refractivity contribution is -0.0893. The predicted molar refractivity (Wildman–Crippen MR) is 87.8 cm³/mol. The van der Waals surface area contributed by atoms with Crippen LogP contribution in [0.3, 0.4) is 0 Å². The molecule has 1 radical (unpaired) electrons. The Morgan fingerprint density at radius 2 is 1.68 bits per heavy atom. The van der Waals surface area contributed by atoms with E-state index in [2.05, 4.69) is 0 Å². The minimum Gasteiger partial charge on any atom is -0.490 e.